The molecule has 1 N–H and O–H groups in total. The van der Waals surface area contributed by atoms with E-state index in [0.717, 1.165) is 5.56 Å². The average Bonchev–Trinajstić information content (AvgIpc) is 2.37. The third kappa shape index (κ3) is 3.93. The first-order valence-corrected chi connectivity index (χ1v) is 6.67. The molecule has 2 aromatic carbocycles. The highest BCUT2D eigenvalue weighted by atomic mass is 35.5. The molecular formula is C15H13Cl2FO. The van der Waals surface area contributed by atoms with Crippen LogP contribution in [0.3, 0.4) is 0 Å². The summed E-state index contributed by atoms with van der Waals surface area (Å²) in [7, 11) is 0. The Morgan fingerprint density at radius 1 is 1.00 bits per heavy atom. The Morgan fingerprint density at radius 2 is 1.74 bits per heavy atom. The van der Waals surface area contributed by atoms with Gasteiger partial charge in [0, 0.05) is 11.4 Å². The van der Waals surface area contributed by atoms with Gasteiger partial charge >= 0.3 is 0 Å². The number of aliphatic hydroxyl groups excluding tert-OH is 1. The predicted octanol–water partition coefficient (Wildman–Crippen LogP) is 4.28. The van der Waals surface area contributed by atoms with E-state index in [2.05, 4.69) is 0 Å². The lowest BCUT2D eigenvalue weighted by Gasteiger charge is -2.12. The molecule has 0 amide bonds. The Kier molecular flexibility index (Phi) is 4.81. The third-order valence-corrected chi connectivity index (χ3v) is 3.54. The van der Waals surface area contributed by atoms with Gasteiger partial charge in [-0.05, 0) is 35.7 Å². The monoisotopic (exact) mass is 298 g/mol. The van der Waals surface area contributed by atoms with E-state index in [0.29, 0.717) is 23.4 Å². The van der Waals surface area contributed by atoms with E-state index < -0.39 is 11.9 Å². The van der Waals surface area contributed by atoms with Crippen LogP contribution in [-0.4, -0.2) is 11.2 Å². The van der Waals surface area contributed by atoms with Gasteiger partial charge in [0.25, 0.3) is 0 Å². The normalized spacial score (nSPS) is 12.4. The van der Waals surface area contributed by atoms with Crippen molar-refractivity contribution in [1.82, 2.24) is 0 Å². The van der Waals surface area contributed by atoms with Crippen LogP contribution < -0.4 is 0 Å². The minimum atomic E-state index is -0.611. The highest BCUT2D eigenvalue weighted by molar-refractivity contribution is 6.31. The Morgan fingerprint density at radius 3 is 2.42 bits per heavy atom. The van der Waals surface area contributed by atoms with Crippen LogP contribution in [0.15, 0.2) is 42.5 Å². The van der Waals surface area contributed by atoms with Crippen LogP contribution in [-0.2, 0) is 12.8 Å². The maximum absolute atomic E-state index is 13.3. The summed E-state index contributed by atoms with van der Waals surface area (Å²) in [4.78, 5) is 0. The van der Waals surface area contributed by atoms with Gasteiger partial charge in [0.1, 0.15) is 5.82 Å². The van der Waals surface area contributed by atoms with Gasteiger partial charge in [-0.1, -0.05) is 47.5 Å². The van der Waals surface area contributed by atoms with Crippen LogP contribution in [0.1, 0.15) is 11.1 Å². The van der Waals surface area contributed by atoms with Crippen molar-refractivity contribution in [2.45, 2.75) is 18.9 Å². The number of halogens is 3. The quantitative estimate of drug-likeness (QED) is 0.893. The first-order chi connectivity index (χ1) is 9.06. The van der Waals surface area contributed by atoms with E-state index in [9.17, 15) is 9.50 Å². The van der Waals surface area contributed by atoms with Crippen molar-refractivity contribution in [2.24, 2.45) is 0 Å². The average molecular weight is 299 g/mol. The highest BCUT2D eigenvalue weighted by Crippen LogP contribution is 2.20. The molecule has 2 rings (SSSR count). The molecular weight excluding hydrogens is 286 g/mol. The van der Waals surface area contributed by atoms with Gasteiger partial charge in [0.15, 0.2) is 0 Å². The van der Waals surface area contributed by atoms with Crippen molar-refractivity contribution >= 4 is 23.2 Å². The van der Waals surface area contributed by atoms with Gasteiger partial charge < -0.3 is 5.11 Å². The van der Waals surface area contributed by atoms with E-state index >= 15 is 0 Å². The molecule has 0 bridgehead atoms. The second-order valence-electron chi connectivity index (χ2n) is 4.40. The van der Waals surface area contributed by atoms with Crippen molar-refractivity contribution in [3.8, 4) is 0 Å². The lowest BCUT2D eigenvalue weighted by Crippen LogP contribution is -2.14. The summed E-state index contributed by atoms with van der Waals surface area (Å²) in [6.07, 6.45) is 0.184. The first-order valence-electron chi connectivity index (χ1n) is 5.91. The number of rotatable bonds is 4. The molecule has 0 heterocycles. The van der Waals surface area contributed by atoms with E-state index in [4.69, 9.17) is 23.2 Å². The molecule has 0 saturated heterocycles. The van der Waals surface area contributed by atoms with E-state index in [1.54, 1.807) is 12.1 Å². The maximum Gasteiger partial charge on any atom is 0.142 e. The Hall–Kier alpha value is -1.09. The zero-order valence-corrected chi connectivity index (χ0v) is 11.6. The van der Waals surface area contributed by atoms with Crippen LogP contribution in [0, 0.1) is 5.82 Å². The Labute approximate surface area is 121 Å². The SMILES string of the molecule is OC(Cc1ccc(Cl)c(F)c1)Cc1ccccc1Cl. The second-order valence-corrected chi connectivity index (χ2v) is 5.22. The van der Waals surface area contributed by atoms with Crippen molar-refractivity contribution in [3.05, 3.63) is 69.5 Å². The number of hydrogen-bond acceptors (Lipinski definition) is 1. The maximum atomic E-state index is 13.3. The van der Waals surface area contributed by atoms with Crippen LogP contribution in [0.5, 0.6) is 0 Å². The number of hydrogen-bond donors (Lipinski definition) is 1. The topological polar surface area (TPSA) is 20.2 Å². The number of benzene rings is 2. The largest absolute Gasteiger partial charge is 0.392 e. The van der Waals surface area contributed by atoms with E-state index in [1.165, 1.54) is 12.1 Å². The highest BCUT2D eigenvalue weighted by Gasteiger charge is 2.10. The smallest absolute Gasteiger partial charge is 0.142 e. The van der Waals surface area contributed by atoms with Crippen molar-refractivity contribution < 1.29 is 9.50 Å². The summed E-state index contributed by atoms with van der Waals surface area (Å²) in [5.41, 5.74) is 1.59. The predicted molar refractivity (Wildman–Crippen MR) is 76.3 cm³/mol. The van der Waals surface area contributed by atoms with Crippen molar-refractivity contribution in [2.75, 3.05) is 0 Å². The molecule has 0 aliphatic heterocycles. The molecule has 0 aliphatic carbocycles. The van der Waals surface area contributed by atoms with Crippen LogP contribution in [0.2, 0.25) is 10.0 Å². The summed E-state index contributed by atoms with van der Waals surface area (Å²) < 4.78 is 13.3. The van der Waals surface area contributed by atoms with Gasteiger partial charge in [0.05, 0.1) is 11.1 Å². The molecule has 0 fully saturated rings. The second kappa shape index (κ2) is 6.38. The van der Waals surface area contributed by atoms with Gasteiger partial charge in [0.2, 0.25) is 0 Å². The van der Waals surface area contributed by atoms with Gasteiger partial charge in [-0.15, -0.1) is 0 Å². The molecule has 2 aromatic rings. The Bertz CT molecular complexity index is 572. The molecule has 1 nitrogen and oxygen atoms in total. The fourth-order valence-electron chi connectivity index (χ4n) is 1.93. The van der Waals surface area contributed by atoms with Crippen LogP contribution in [0.25, 0.3) is 0 Å². The molecule has 1 unspecified atom stereocenters. The van der Waals surface area contributed by atoms with Gasteiger partial charge in [-0.2, -0.15) is 0 Å². The summed E-state index contributed by atoms with van der Waals surface area (Å²) >= 11 is 11.6. The lowest BCUT2D eigenvalue weighted by atomic mass is 10.0. The molecule has 100 valence electrons. The standard InChI is InChI=1S/C15H13Cl2FO/c16-13-4-2-1-3-11(13)9-12(19)7-10-5-6-14(17)15(18)8-10/h1-6,8,12,19H,7,9H2. The molecule has 0 radical (unpaired) electrons. The molecule has 1 atom stereocenters. The molecule has 0 spiro atoms. The molecule has 0 saturated carbocycles. The van der Waals surface area contributed by atoms with Crippen LogP contribution >= 0.6 is 23.2 Å². The molecule has 0 aliphatic rings. The molecule has 19 heavy (non-hydrogen) atoms. The molecule has 4 heteroatoms. The van der Waals surface area contributed by atoms with E-state index in [1.807, 2.05) is 18.2 Å². The third-order valence-electron chi connectivity index (χ3n) is 2.87. The van der Waals surface area contributed by atoms with Crippen molar-refractivity contribution in [3.63, 3.8) is 0 Å². The number of aliphatic hydroxyl groups is 1. The summed E-state index contributed by atoms with van der Waals surface area (Å²) in [5, 5.41) is 10.7. The fourth-order valence-corrected chi connectivity index (χ4v) is 2.26. The summed E-state index contributed by atoms with van der Waals surface area (Å²) in [6, 6.07) is 11.9. The van der Waals surface area contributed by atoms with Crippen molar-refractivity contribution in [1.29, 1.82) is 0 Å². The minimum Gasteiger partial charge on any atom is -0.392 e. The van der Waals surface area contributed by atoms with E-state index in [-0.39, 0.29) is 5.02 Å². The van der Waals surface area contributed by atoms with Gasteiger partial charge in [-0.3, -0.25) is 0 Å². The minimum absolute atomic E-state index is 0.0874. The molecule has 0 aromatic heterocycles. The zero-order chi connectivity index (χ0) is 13.8. The summed E-state index contributed by atoms with van der Waals surface area (Å²) in [6.45, 7) is 0. The van der Waals surface area contributed by atoms with Crippen LogP contribution in [0.4, 0.5) is 4.39 Å². The van der Waals surface area contributed by atoms with Gasteiger partial charge in [-0.25, -0.2) is 4.39 Å². The zero-order valence-electron chi connectivity index (χ0n) is 10.1. The lowest BCUT2D eigenvalue weighted by molar-refractivity contribution is 0.175. The first kappa shape index (κ1) is 14.3. The summed E-state index contributed by atoms with van der Waals surface area (Å²) in [5.74, 6) is -0.468. The fraction of sp³-hybridized carbons (Fsp3) is 0.200. The Balaban J connectivity index is 2.03.